The molecule has 0 heterocycles. The molecule has 0 saturated heterocycles. The lowest BCUT2D eigenvalue weighted by Crippen LogP contribution is -2.10. The van der Waals surface area contributed by atoms with E-state index in [0.29, 0.717) is 0 Å². The molecule has 2 atom stereocenters. The van der Waals surface area contributed by atoms with E-state index in [1.54, 1.807) is 0 Å². The van der Waals surface area contributed by atoms with Gasteiger partial charge in [-0.05, 0) is 48.2 Å². The minimum Gasteiger partial charge on any atom is -0.378 e. The predicted molar refractivity (Wildman–Crippen MR) is 75.5 cm³/mol. The highest BCUT2D eigenvalue weighted by atomic mass is 19.1. The van der Waals surface area contributed by atoms with Gasteiger partial charge in [0.2, 0.25) is 0 Å². The van der Waals surface area contributed by atoms with E-state index in [4.69, 9.17) is 5.73 Å². The van der Waals surface area contributed by atoms with Crippen LogP contribution in [0.3, 0.4) is 0 Å². The molecule has 98 valence electrons. The molecular formula is C16H17FN2. The first-order valence-electron chi connectivity index (χ1n) is 6.51. The van der Waals surface area contributed by atoms with Crippen molar-refractivity contribution in [3.63, 3.8) is 0 Å². The highest BCUT2D eigenvalue weighted by molar-refractivity contribution is 5.50. The number of fused-ring (bicyclic) bond motifs is 1. The lowest BCUT2D eigenvalue weighted by Gasteiger charge is -2.16. The van der Waals surface area contributed by atoms with Crippen LogP contribution in [0.4, 0.5) is 10.1 Å². The molecule has 0 radical (unpaired) electrons. The van der Waals surface area contributed by atoms with Crippen molar-refractivity contribution in [1.82, 2.24) is 0 Å². The van der Waals surface area contributed by atoms with Crippen molar-refractivity contribution >= 4 is 5.69 Å². The molecular weight excluding hydrogens is 239 g/mol. The van der Waals surface area contributed by atoms with E-state index in [9.17, 15) is 4.39 Å². The maximum Gasteiger partial charge on any atom is 0.125 e. The first-order valence-corrected chi connectivity index (χ1v) is 6.51. The summed E-state index contributed by atoms with van der Waals surface area (Å²) in [7, 11) is 0. The van der Waals surface area contributed by atoms with Crippen LogP contribution in [0.5, 0.6) is 0 Å². The Morgan fingerprint density at radius 2 is 1.89 bits per heavy atom. The third-order valence-corrected chi connectivity index (χ3v) is 3.64. The van der Waals surface area contributed by atoms with E-state index in [0.717, 1.165) is 17.7 Å². The Labute approximate surface area is 112 Å². The molecule has 1 aliphatic rings. The number of aryl methyl sites for hydroxylation is 1. The number of hydrogen-bond acceptors (Lipinski definition) is 2. The molecule has 2 aromatic rings. The van der Waals surface area contributed by atoms with E-state index in [1.165, 1.54) is 23.3 Å². The SMILES string of the molecule is Cc1cc(F)cc(NC2CC(N)c3ccccc32)c1. The van der Waals surface area contributed by atoms with Crippen LogP contribution >= 0.6 is 0 Å². The number of anilines is 1. The lowest BCUT2D eigenvalue weighted by atomic mass is 10.1. The quantitative estimate of drug-likeness (QED) is 0.860. The van der Waals surface area contributed by atoms with Crippen molar-refractivity contribution < 1.29 is 4.39 Å². The zero-order valence-electron chi connectivity index (χ0n) is 10.9. The Bertz CT molecular complexity index is 589. The smallest absolute Gasteiger partial charge is 0.125 e. The van der Waals surface area contributed by atoms with E-state index >= 15 is 0 Å². The molecule has 0 spiro atoms. The fourth-order valence-electron chi connectivity index (χ4n) is 2.83. The van der Waals surface area contributed by atoms with E-state index in [1.807, 2.05) is 25.1 Å². The molecule has 0 aromatic heterocycles. The number of nitrogens with two attached hydrogens (primary N) is 1. The summed E-state index contributed by atoms with van der Waals surface area (Å²) < 4.78 is 13.4. The standard InChI is InChI=1S/C16H17FN2/c1-10-6-11(17)8-12(7-10)19-16-9-15(18)13-4-2-3-5-14(13)16/h2-8,15-16,19H,9,18H2,1H3. The normalized spacial score (nSPS) is 21.2. The predicted octanol–water partition coefficient (Wildman–Crippen LogP) is 3.69. The average Bonchev–Trinajstić information content (AvgIpc) is 2.66. The molecule has 1 aliphatic carbocycles. The maximum atomic E-state index is 13.4. The van der Waals surface area contributed by atoms with Crippen LogP contribution < -0.4 is 11.1 Å². The Balaban J connectivity index is 1.89. The summed E-state index contributed by atoms with van der Waals surface area (Å²) in [6.45, 7) is 1.89. The van der Waals surface area contributed by atoms with E-state index in [2.05, 4.69) is 17.4 Å². The van der Waals surface area contributed by atoms with Gasteiger partial charge < -0.3 is 11.1 Å². The molecule has 3 rings (SSSR count). The summed E-state index contributed by atoms with van der Waals surface area (Å²) in [6.07, 6.45) is 0.842. The molecule has 0 bridgehead atoms. The third kappa shape index (κ3) is 2.34. The summed E-state index contributed by atoms with van der Waals surface area (Å²) in [4.78, 5) is 0. The van der Waals surface area contributed by atoms with Crippen LogP contribution in [-0.4, -0.2) is 0 Å². The van der Waals surface area contributed by atoms with Gasteiger partial charge in [-0.3, -0.25) is 0 Å². The van der Waals surface area contributed by atoms with Crippen molar-refractivity contribution in [2.24, 2.45) is 5.73 Å². The summed E-state index contributed by atoms with van der Waals surface area (Å²) >= 11 is 0. The number of nitrogens with one attached hydrogen (secondary N) is 1. The fraction of sp³-hybridized carbons (Fsp3) is 0.250. The average molecular weight is 256 g/mol. The van der Waals surface area contributed by atoms with Crippen LogP contribution in [0.15, 0.2) is 42.5 Å². The van der Waals surface area contributed by atoms with Gasteiger partial charge in [-0.2, -0.15) is 0 Å². The maximum absolute atomic E-state index is 13.4. The first-order chi connectivity index (χ1) is 9.13. The monoisotopic (exact) mass is 256 g/mol. The van der Waals surface area contributed by atoms with Crippen LogP contribution in [0.25, 0.3) is 0 Å². The van der Waals surface area contributed by atoms with Gasteiger partial charge in [0.1, 0.15) is 5.82 Å². The third-order valence-electron chi connectivity index (χ3n) is 3.64. The number of halogens is 1. The second kappa shape index (κ2) is 4.67. The van der Waals surface area contributed by atoms with Crippen molar-refractivity contribution in [1.29, 1.82) is 0 Å². The molecule has 0 amide bonds. The minimum absolute atomic E-state index is 0.0587. The Morgan fingerprint density at radius 1 is 1.16 bits per heavy atom. The Hall–Kier alpha value is -1.87. The second-order valence-electron chi connectivity index (χ2n) is 5.19. The molecule has 2 unspecified atom stereocenters. The topological polar surface area (TPSA) is 38.0 Å². The van der Waals surface area contributed by atoms with Crippen molar-refractivity contribution in [2.45, 2.75) is 25.4 Å². The molecule has 3 heteroatoms. The zero-order chi connectivity index (χ0) is 13.4. The molecule has 3 N–H and O–H groups in total. The molecule has 2 nitrogen and oxygen atoms in total. The minimum atomic E-state index is -0.210. The van der Waals surface area contributed by atoms with Gasteiger partial charge in [-0.1, -0.05) is 24.3 Å². The second-order valence-corrected chi connectivity index (χ2v) is 5.19. The van der Waals surface area contributed by atoms with Crippen LogP contribution in [0.1, 0.15) is 35.2 Å². The highest BCUT2D eigenvalue weighted by Crippen LogP contribution is 2.39. The van der Waals surface area contributed by atoms with Crippen molar-refractivity contribution in [3.05, 3.63) is 65.0 Å². The highest BCUT2D eigenvalue weighted by Gasteiger charge is 2.27. The van der Waals surface area contributed by atoms with Gasteiger partial charge in [0.15, 0.2) is 0 Å². The number of benzene rings is 2. The van der Waals surface area contributed by atoms with Gasteiger partial charge in [-0.25, -0.2) is 4.39 Å². The number of rotatable bonds is 2. The van der Waals surface area contributed by atoms with Crippen LogP contribution in [0.2, 0.25) is 0 Å². The zero-order valence-corrected chi connectivity index (χ0v) is 10.9. The first kappa shape index (κ1) is 12.2. The summed E-state index contributed by atoms with van der Waals surface area (Å²) in [5, 5.41) is 3.39. The van der Waals surface area contributed by atoms with Crippen LogP contribution in [0, 0.1) is 12.7 Å². The van der Waals surface area contributed by atoms with Gasteiger partial charge in [0.05, 0.1) is 6.04 Å². The van der Waals surface area contributed by atoms with Crippen LogP contribution in [-0.2, 0) is 0 Å². The number of hydrogen-bond donors (Lipinski definition) is 2. The van der Waals surface area contributed by atoms with Gasteiger partial charge in [-0.15, -0.1) is 0 Å². The van der Waals surface area contributed by atoms with Gasteiger partial charge >= 0.3 is 0 Å². The lowest BCUT2D eigenvalue weighted by molar-refractivity contribution is 0.624. The Kier molecular flexibility index (Phi) is 2.99. The van der Waals surface area contributed by atoms with Gasteiger partial charge in [0, 0.05) is 11.7 Å². The fourth-order valence-corrected chi connectivity index (χ4v) is 2.83. The molecule has 0 aliphatic heterocycles. The van der Waals surface area contributed by atoms with Crippen molar-refractivity contribution in [2.75, 3.05) is 5.32 Å². The molecule has 0 fully saturated rings. The summed E-state index contributed by atoms with van der Waals surface area (Å²) in [5.74, 6) is -0.210. The molecule has 2 aromatic carbocycles. The summed E-state index contributed by atoms with van der Waals surface area (Å²) in [5.41, 5.74) is 10.3. The molecule has 19 heavy (non-hydrogen) atoms. The largest absolute Gasteiger partial charge is 0.378 e. The molecule has 0 saturated carbocycles. The van der Waals surface area contributed by atoms with E-state index in [-0.39, 0.29) is 17.9 Å². The van der Waals surface area contributed by atoms with Gasteiger partial charge in [0.25, 0.3) is 0 Å². The van der Waals surface area contributed by atoms with E-state index < -0.39 is 0 Å². The van der Waals surface area contributed by atoms with Crippen molar-refractivity contribution in [3.8, 4) is 0 Å². The Morgan fingerprint density at radius 3 is 2.63 bits per heavy atom. The summed E-state index contributed by atoms with van der Waals surface area (Å²) in [6, 6.07) is 13.4.